The molecule has 3 rings (SSSR count). The molecule has 0 spiro atoms. The van der Waals surface area contributed by atoms with Crippen LogP contribution >= 0.6 is 27.5 Å². The predicted molar refractivity (Wildman–Crippen MR) is 105 cm³/mol. The standard InChI is InChI=1S/C18H19BrClN5O/c1-12-17(19)13(2)25(23-12)10-14-4-3-5-15(8-14)18(26)21-6-7-24-11-16(20)9-22-24/h3-5,8-9,11H,6-7,10H2,1-2H3,(H,21,26). The first-order chi connectivity index (χ1) is 12.4. The van der Waals surface area contributed by atoms with Crippen molar-refractivity contribution in [2.24, 2.45) is 0 Å². The Hall–Kier alpha value is -2.12. The van der Waals surface area contributed by atoms with Crippen molar-refractivity contribution in [3.05, 3.63) is 68.7 Å². The lowest BCUT2D eigenvalue weighted by Gasteiger charge is -2.08. The molecule has 26 heavy (non-hydrogen) atoms. The van der Waals surface area contributed by atoms with Crippen LogP contribution < -0.4 is 5.32 Å². The Balaban J connectivity index is 1.62. The second-order valence-corrected chi connectivity index (χ2v) is 7.25. The van der Waals surface area contributed by atoms with Gasteiger partial charge in [0.25, 0.3) is 5.91 Å². The number of aromatic nitrogens is 4. The quantitative estimate of drug-likeness (QED) is 0.642. The molecule has 2 heterocycles. The molecule has 1 amide bonds. The van der Waals surface area contributed by atoms with E-state index in [1.807, 2.05) is 36.7 Å². The minimum Gasteiger partial charge on any atom is -0.350 e. The normalized spacial score (nSPS) is 10.9. The molecule has 0 saturated carbocycles. The Morgan fingerprint density at radius 3 is 2.81 bits per heavy atom. The Kier molecular flexibility index (Phi) is 5.78. The molecule has 0 unspecified atom stereocenters. The fourth-order valence-corrected chi connectivity index (χ4v) is 3.10. The van der Waals surface area contributed by atoms with Gasteiger partial charge < -0.3 is 5.32 Å². The molecule has 1 aromatic carbocycles. The first-order valence-electron chi connectivity index (χ1n) is 8.18. The molecule has 8 heteroatoms. The average molecular weight is 437 g/mol. The average Bonchev–Trinajstić information content (AvgIpc) is 3.14. The van der Waals surface area contributed by atoms with Gasteiger partial charge >= 0.3 is 0 Å². The highest BCUT2D eigenvalue weighted by atomic mass is 79.9. The third kappa shape index (κ3) is 4.34. The van der Waals surface area contributed by atoms with Crippen molar-refractivity contribution in [2.75, 3.05) is 6.54 Å². The maximum Gasteiger partial charge on any atom is 0.251 e. The summed E-state index contributed by atoms with van der Waals surface area (Å²) >= 11 is 9.36. The van der Waals surface area contributed by atoms with Crippen molar-refractivity contribution in [3.8, 4) is 0 Å². The topological polar surface area (TPSA) is 64.7 Å². The van der Waals surface area contributed by atoms with E-state index in [1.165, 1.54) is 0 Å². The van der Waals surface area contributed by atoms with Crippen molar-refractivity contribution >= 4 is 33.4 Å². The van der Waals surface area contributed by atoms with Crippen LogP contribution in [-0.2, 0) is 13.1 Å². The fourth-order valence-electron chi connectivity index (χ4n) is 2.66. The van der Waals surface area contributed by atoms with Crippen LogP contribution in [0.25, 0.3) is 0 Å². The van der Waals surface area contributed by atoms with Gasteiger partial charge in [0.05, 0.1) is 40.2 Å². The summed E-state index contributed by atoms with van der Waals surface area (Å²) in [5, 5.41) is 12.1. The van der Waals surface area contributed by atoms with E-state index in [9.17, 15) is 4.79 Å². The van der Waals surface area contributed by atoms with Crippen LogP contribution in [0.3, 0.4) is 0 Å². The highest BCUT2D eigenvalue weighted by Gasteiger charge is 2.11. The zero-order valence-electron chi connectivity index (χ0n) is 14.5. The number of amides is 1. The number of benzene rings is 1. The molecule has 0 aliphatic rings. The van der Waals surface area contributed by atoms with Crippen molar-refractivity contribution in [2.45, 2.75) is 26.9 Å². The Morgan fingerprint density at radius 2 is 2.15 bits per heavy atom. The number of carbonyl (C=O) groups excluding carboxylic acids is 1. The summed E-state index contributed by atoms with van der Waals surface area (Å²) in [6, 6.07) is 7.58. The van der Waals surface area contributed by atoms with Gasteiger partial charge in [-0.1, -0.05) is 23.7 Å². The monoisotopic (exact) mass is 435 g/mol. The summed E-state index contributed by atoms with van der Waals surface area (Å²) in [7, 11) is 0. The van der Waals surface area contributed by atoms with Gasteiger partial charge in [0.2, 0.25) is 0 Å². The van der Waals surface area contributed by atoms with E-state index in [2.05, 4.69) is 31.4 Å². The smallest absolute Gasteiger partial charge is 0.251 e. The number of nitrogens with zero attached hydrogens (tertiary/aromatic N) is 4. The summed E-state index contributed by atoms with van der Waals surface area (Å²) in [6.45, 7) is 5.64. The summed E-state index contributed by atoms with van der Waals surface area (Å²) in [5.41, 5.74) is 3.67. The van der Waals surface area contributed by atoms with E-state index in [4.69, 9.17) is 11.6 Å². The molecule has 0 aliphatic heterocycles. The maximum atomic E-state index is 12.4. The summed E-state index contributed by atoms with van der Waals surface area (Å²) < 4.78 is 4.64. The minimum absolute atomic E-state index is 0.111. The van der Waals surface area contributed by atoms with Crippen molar-refractivity contribution < 1.29 is 4.79 Å². The molecular formula is C18H19BrClN5O. The van der Waals surface area contributed by atoms with Gasteiger partial charge in [0, 0.05) is 18.3 Å². The highest BCUT2D eigenvalue weighted by Crippen LogP contribution is 2.20. The molecule has 2 aromatic heterocycles. The minimum atomic E-state index is -0.111. The second kappa shape index (κ2) is 8.05. The first-order valence-corrected chi connectivity index (χ1v) is 9.35. The lowest BCUT2D eigenvalue weighted by atomic mass is 10.1. The van der Waals surface area contributed by atoms with Crippen LogP contribution in [0.1, 0.15) is 27.3 Å². The zero-order valence-corrected chi connectivity index (χ0v) is 16.9. The van der Waals surface area contributed by atoms with E-state index >= 15 is 0 Å². The number of nitrogens with one attached hydrogen (secondary N) is 1. The van der Waals surface area contributed by atoms with Crippen LogP contribution in [0.2, 0.25) is 5.02 Å². The van der Waals surface area contributed by atoms with Crippen molar-refractivity contribution in [1.82, 2.24) is 24.9 Å². The van der Waals surface area contributed by atoms with E-state index in [0.717, 1.165) is 21.4 Å². The molecule has 3 aromatic rings. The molecule has 0 aliphatic carbocycles. The number of rotatable bonds is 6. The number of hydrogen-bond donors (Lipinski definition) is 1. The third-order valence-electron chi connectivity index (χ3n) is 4.04. The molecule has 0 radical (unpaired) electrons. The SMILES string of the molecule is Cc1nn(Cc2cccc(C(=O)NCCn3cc(Cl)cn3)c2)c(C)c1Br. The van der Waals surface area contributed by atoms with Gasteiger partial charge in [-0.25, -0.2) is 0 Å². The van der Waals surface area contributed by atoms with Gasteiger partial charge in [0.15, 0.2) is 0 Å². The Labute approximate surface area is 165 Å². The summed E-state index contributed by atoms with van der Waals surface area (Å²) in [5.74, 6) is -0.111. The summed E-state index contributed by atoms with van der Waals surface area (Å²) in [6.07, 6.45) is 3.30. The highest BCUT2D eigenvalue weighted by molar-refractivity contribution is 9.10. The number of carbonyl (C=O) groups is 1. The van der Waals surface area contributed by atoms with Crippen molar-refractivity contribution in [1.29, 1.82) is 0 Å². The second-order valence-electron chi connectivity index (χ2n) is 6.02. The van der Waals surface area contributed by atoms with Crippen LogP contribution in [0.4, 0.5) is 0 Å². The zero-order chi connectivity index (χ0) is 18.7. The van der Waals surface area contributed by atoms with Gasteiger partial charge in [-0.3, -0.25) is 14.2 Å². The molecule has 0 saturated heterocycles. The summed E-state index contributed by atoms with van der Waals surface area (Å²) in [4.78, 5) is 12.4. The number of hydrogen-bond acceptors (Lipinski definition) is 3. The molecule has 0 atom stereocenters. The van der Waals surface area contributed by atoms with E-state index in [-0.39, 0.29) is 5.91 Å². The van der Waals surface area contributed by atoms with Crippen LogP contribution in [0.5, 0.6) is 0 Å². The number of halogens is 2. The largest absolute Gasteiger partial charge is 0.350 e. The van der Waals surface area contributed by atoms with E-state index < -0.39 is 0 Å². The Bertz CT molecular complexity index is 934. The van der Waals surface area contributed by atoms with Crippen LogP contribution in [-0.4, -0.2) is 32.0 Å². The van der Waals surface area contributed by atoms with Crippen LogP contribution in [0.15, 0.2) is 41.1 Å². The van der Waals surface area contributed by atoms with E-state index in [1.54, 1.807) is 23.1 Å². The number of aryl methyl sites for hydroxylation is 1. The molecule has 0 bridgehead atoms. The van der Waals surface area contributed by atoms with Gasteiger partial charge in [-0.2, -0.15) is 10.2 Å². The van der Waals surface area contributed by atoms with Gasteiger partial charge in [-0.15, -0.1) is 0 Å². The lowest BCUT2D eigenvalue weighted by Crippen LogP contribution is -2.27. The molecule has 1 N–H and O–H groups in total. The molecule has 6 nitrogen and oxygen atoms in total. The maximum absolute atomic E-state index is 12.4. The van der Waals surface area contributed by atoms with Gasteiger partial charge in [0.1, 0.15) is 0 Å². The molecule has 0 fully saturated rings. The third-order valence-corrected chi connectivity index (χ3v) is 5.39. The van der Waals surface area contributed by atoms with Gasteiger partial charge in [-0.05, 0) is 47.5 Å². The van der Waals surface area contributed by atoms with Crippen LogP contribution in [0, 0.1) is 13.8 Å². The van der Waals surface area contributed by atoms with E-state index in [0.29, 0.717) is 30.2 Å². The Morgan fingerprint density at radius 1 is 1.35 bits per heavy atom. The first kappa shape index (κ1) is 18.7. The van der Waals surface area contributed by atoms with Crippen molar-refractivity contribution in [3.63, 3.8) is 0 Å². The predicted octanol–water partition coefficient (Wildman–Crippen LogP) is 3.59. The fraction of sp³-hybridized carbons (Fsp3) is 0.278. The molecule has 136 valence electrons. The lowest BCUT2D eigenvalue weighted by molar-refractivity contribution is 0.0952. The molecular weight excluding hydrogens is 418 g/mol.